The van der Waals surface area contributed by atoms with Crippen LogP contribution in [0.4, 0.5) is 4.79 Å². The molecule has 4 aromatic rings. The summed E-state index contributed by atoms with van der Waals surface area (Å²) in [6.07, 6.45) is 0.259. The normalized spacial score (nSPS) is 15.0. The first-order chi connectivity index (χ1) is 17.6. The van der Waals surface area contributed by atoms with Crippen LogP contribution < -0.4 is 14.2 Å². The van der Waals surface area contributed by atoms with Crippen molar-refractivity contribution in [2.24, 2.45) is 0 Å². The quantitative estimate of drug-likeness (QED) is 0.311. The van der Waals surface area contributed by atoms with Crippen molar-refractivity contribution < 1.29 is 23.7 Å². The lowest BCUT2D eigenvalue weighted by molar-refractivity contribution is 0.135. The molecule has 0 bridgehead atoms. The number of hydrogen-bond acceptors (Lipinski definition) is 5. The fourth-order valence-electron chi connectivity index (χ4n) is 4.60. The van der Waals surface area contributed by atoms with Crippen molar-refractivity contribution in [3.8, 4) is 17.2 Å². The van der Waals surface area contributed by atoms with E-state index < -0.39 is 6.09 Å². The molecular formula is C28H27ClN2O5. The third-order valence-corrected chi connectivity index (χ3v) is 6.58. The van der Waals surface area contributed by atoms with Gasteiger partial charge in [0.05, 0.1) is 13.7 Å². The van der Waals surface area contributed by atoms with E-state index in [-0.39, 0.29) is 6.04 Å². The Morgan fingerprint density at radius 3 is 2.42 bits per heavy atom. The second-order valence-electron chi connectivity index (χ2n) is 8.51. The Labute approximate surface area is 214 Å². The fraction of sp³-hybridized carbons (Fsp3) is 0.250. The van der Waals surface area contributed by atoms with Gasteiger partial charge in [0.2, 0.25) is 0 Å². The van der Waals surface area contributed by atoms with Crippen molar-refractivity contribution in [1.29, 1.82) is 0 Å². The molecule has 7 nitrogen and oxygen atoms in total. The van der Waals surface area contributed by atoms with E-state index >= 15 is 0 Å². The van der Waals surface area contributed by atoms with Gasteiger partial charge in [0.15, 0.2) is 0 Å². The highest BCUT2D eigenvalue weighted by atomic mass is 35.5. The van der Waals surface area contributed by atoms with Gasteiger partial charge in [0.25, 0.3) is 0 Å². The number of H-pyrrole nitrogens is 1. The summed E-state index contributed by atoms with van der Waals surface area (Å²) < 4.78 is 21.7. The van der Waals surface area contributed by atoms with E-state index in [0.717, 1.165) is 33.5 Å². The number of methoxy groups -OCH3 is 2. The summed E-state index contributed by atoms with van der Waals surface area (Å²) in [4.78, 5) is 18.7. The number of hydrogen-bond donors (Lipinski definition) is 1. The largest absolute Gasteiger partial charge is 0.497 e. The molecule has 1 amide bonds. The smallest absolute Gasteiger partial charge is 0.416 e. The minimum Gasteiger partial charge on any atom is -0.497 e. The number of carbonyl (C=O) groups is 1. The van der Waals surface area contributed by atoms with Crippen LogP contribution in [0.15, 0.2) is 66.7 Å². The second kappa shape index (κ2) is 10.5. The molecule has 1 unspecified atom stereocenters. The van der Waals surface area contributed by atoms with E-state index in [9.17, 15) is 4.79 Å². The van der Waals surface area contributed by atoms with Gasteiger partial charge in [-0.15, -0.1) is 0 Å². The van der Waals surface area contributed by atoms with Gasteiger partial charge < -0.3 is 23.9 Å². The van der Waals surface area contributed by atoms with Crippen LogP contribution in [-0.4, -0.2) is 50.0 Å². The highest BCUT2D eigenvalue weighted by Gasteiger charge is 2.35. The molecule has 0 spiro atoms. The first kappa shape index (κ1) is 24.0. The molecule has 1 aliphatic rings. The lowest BCUT2D eigenvalue weighted by atomic mass is 9.92. The molecule has 0 fully saturated rings. The summed E-state index contributed by atoms with van der Waals surface area (Å²) >= 11 is 6.30. The maximum absolute atomic E-state index is 13.4. The Bertz CT molecular complexity index is 1350. The van der Waals surface area contributed by atoms with Crippen molar-refractivity contribution in [1.82, 2.24) is 9.88 Å². The lowest BCUT2D eigenvalue weighted by Gasteiger charge is -2.35. The summed E-state index contributed by atoms with van der Waals surface area (Å²) in [5.74, 6) is 1.89. The average Bonchev–Trinajstić information content (AvgIpc) is 3.27. The van der Waals surface area contributed by atoms with Gasteiger partial charge in [-0.2, -0.15) is 0 Å². The highest BCUT2D eigenvalue weighted by Crippen LogP contribution is 2.40. The number of amides is 1. The summed E-state index contributed by atoms with van der Waals surface area (Å²) in [6, 6.07) is 20.2. The van der Waals surface area contributed by atoms with Crippen LogP contribution in [0.3, 0.4) is 0 Å². The van der Waals surface area contributed by atoms with Crippen LogP contribution in [0.2, 0.25) is 5.02 Å². The molecule has 0 aliphatic carbocycles. The van der Waals surface area contributed by atoms with Gasteiger partial charge in [0.1, 0.15) is 29.9 Å². The first-order valence-corrected chi connectivity index (χ1v) is 12.1. The summed E-state index contributed by atoms with van der Waals surface area (Å²) in [7, 11) is 3.23. The number of benzene rings is 3. The monoisotopic (exact) mass is 506 g/mol. The number of carbonyl (C=O) groups excluding carboxylic acids is 1. The van der Waals surface area contributed by atoms with E-state index in [0.29, 0.717) is 42.7 Å². The molecule has 1 N–H and O–H groups in total. The Morgan fingerprint density at radius 1 is 0.972 bits per heavy atom. The van der Waals surface area contributed by atoms with Gasteiger partial charge in [-0.1, -0.05) is 23.7 Å². The van der Waals surface area contributed by atoms with Crippen LogP contribution in [0, 0.1) is 0 Å². The van der Waals surface area contributed by atoms with Crippen molar-refractivity contribution in [3.05, 3.63) is 88.6 Å². The standard InChI is InChI=1S/C28H27ClN2O5/c1-33-15-16-35-21-6-3-18(4-7-21)27-26-23(24-17-19(29)5-12-25(24)30-26)13-14-31(27)28(32)36-22-10-8-20(34-2)9-11-22/h3-12,17,27,30H,13-16H2,1-2H3. The van der Waals surface area contributed by atoms with Crippen molar-refractivity contribution >= 4 is 28.6 Å². The molecule has 1 aliphatic heterocycles. The van der Waals surface area contributed by atoms with Crippen LogP contribution in [0.5, 0.6) is 17.2 Å². The molecule has 5 rings (SSSR count). The fourth-order valence-corrected chi connectivity index (χ4v) is 4.77. The molecule has 0 radical (unpaired) electrons. The number of aromatic amines is 1. The molecule has 3 aromatic carbocycles. The number of aromatic nitrogens is 1. The van der Waals surface area contributed by atoms with E-state index in [2.05, 4.69) is 4.98 Å². The van der Waals surface area contributed by atoms with Gasteiger partial charge in [-0.05, 0) is 72.1 Å². The molecule has 8 heteroatoms. The Balaban J connectivity index is 1.49. The summed E-state index contributed by atoms with van der Waals surface area (Å²) in [6.45, 7) is 1.47. The van der Waals surface area contributed by atoms with Gasteiger partial charge >= 0.3 is 6.09 Å². The third kappa shape index (κ3) is 4.85. The average molecular weight is 507 g/mol. The van der Waals surface area contributed by atoms with Crippen molar-refractivity contribution in [2.45, 2.75) is 12.5 Å². The second-order valence-corrected chi connectivity index (χ2v) is 8.94. The van der Waals surface area contributed by atoms with Crippen LogP contribution in [-0.2, 0) is 11.2 Å². The molecule has 36 heavy (non-hydrogen) atoms. The SMILES string of the molecule is COCCOc1ccc(C2c3[nH]c4ccc(Cl)cc4c3CCN2C(=O)Oc2ccc(OC)cc2)cc1. The number of nitrogens with one attached hydrogen (secondary N) is 1. The Hall–Kier alpha value is -3.68. The lowest BCUT2D eigenvalue weighted by Crippen LogP contribution is -2.42. The van der Waals surface area contributed by atoms with Gasteiger partial charge in [-0.3, -0.25) is 4.90 Å². The number of rotatable bonds is 7. The summed E-state index contributed by atoms with van der Waals surface area (Å²) in [5, 5.41) is 1.75. The maximum Gasteiger partial charge on any atom is 0.416 e. The molecule has 0 saturated heterocycles. The minimum atomic E-state index is -0.423. The number of halogens is 1. The maximum atomic E-state index is 13.4. The first-order valence-electron chi connectivity index (χ1n) is 11.7. The van der Waals surface area contributed by atoms with Crippen LogP contribution >= 0.6 is 11.6 Å². The van der Waals surface area contributed by atoms with E-state index in [1.165, 1.54) is 0 Å². The zero-order valence-electron chi connectivity index (χ0n) is 20.1. The molecule has 186 valence electrons. The Kier molecular flexibility index (Phi) is 7.02. The predicted octanol–water partition coefficient (Wildman–Crippen LogP) is 6.00. The highest BCUT2D eigenvalue weighted by molar-refractivity contribution is 6.31. The number of ether oxygens (including phenoxy) is 4. The summed E-state index contributed by atoms with van der Waals surface area (Å²) in [5.41, 5.74) is 4.04. The zero-order chi connectivity index (χ0) is 25.1. The molecule has 1 aromatic heterocycles. The van der Waals surface area contributed by atoms with Gasteiger partial charge in [0, 0.05) is 35.3 Å². The topological polar surface area (TPSA) is 73.0 Å². The number of nitrogens with zero attached hydrogens (tertiary/aromatic N) is 1. The molecule has 2 heterocycles. The van der Waals surface area contributed by atoms with E-state index in [4.69, 9.17) is 30.5 Å². The van der Waals surface area contributed by atoms with E-state index in [1.54, 1.807) is 43.4 Å². The Morgan fingerprint density at radius 2 is 1.69 bits per heavy atom. The van der Waals surface area contributed by atoms with E-state index in [1.807, 2.05) is 42.5 Å². The third-order valence-electron chi connectivity index (χ3n) is 6.34. The molecule has 0 saturated carbocycles. The predicted molar refractivity (Wildman–Crippen MR) is 138 cm³/mol. The number of fused-ring (bicyclic) bond motifs is 3. The molecular weight excluding hydrogens is 480 g/mol. The minimum absolute atomic E-state index is 0.362. The van der Waals surface area contributed by atoms with Crippen LogP contribution in [0.25, 0.3) is 10.9 Å². The molecule has 1 atom stereocenters. The van der Waals surface area contributed by atoms with Crippen molar-refractivity contribution in [3.63, 3.8) is 0 Å². The van der Waals surface area contributed by atoms with Crippen LogP contribution in [0.1, 0.15) is 22.9 Å². The van der Waals surface area contributed by atoms with Gasteiger partial charge in [-0.25, -0.2) is 4.79 Å². The zero-order valence-corrected chi connectivity index (χ0v) is 20.9. The van der Waals surface area contributed by atoms with Crippen molar-refractivity contribution in [2.75, 3.05) is 34.0 Å².